The molecule has 0 aliphatic rings. The van der Waals surface area contributed by atoms with E-state index in [0.29, 0.717) is 29.6 Å². The van der Waals surface area contributed by atoms with Crippen LogP contribution in [0.5, 0.6) is 11.5 Å². The lowest BCUT2D eigenvalue weighted by molar-refractivity contribution is -0.274. The Kier molecular flexibility index (Phi) is 6.84. The molecule has 0 atom stereocenters. The van der Waals surface area contributed by atoms with Gasteiger partial charge in [-0.15, -0.1) is 13.2 Å². The van der Waals surface area contributed by atoms with Crippen LogP contribution in [0.2, 0.25) is 0 Å². The van der Waals surface area contributed by atoms with E-state index in [1.165, 1.54) is 18.2 Å². The molecule has 0 spiro atoms. The molecule has 0 aliphatic carbocycles. The predicted octanol–water partition coefficient (Wildman–Crippen LogP) is 6.00. The number of hydrogen-bond acceptors (Lipinski definition) is 6. The van der Waals surface area contributed by atoms with Crippen molar-refractivity contribution in [1.82, 2.24) is 9.97 Å². The maximum Gasteiger partial charge on any atom is 0.573 e. The number of nitrogens with zero attached hydrogens (tertiary/aromatic N) is 2. The highest BCUT2D eigenvalue weighted by Crippen LogP contribution is 2.29. The van der Waals surface area contributed by atoms with Crippen molar-refractivity contribution in [1.29, 1.82) is 0 Å². The van der Waals surface area contributed by atoms with Crippen LogP contribution in [0.25, 0.3) is 11.3 Å². The highest BCUT2D eigenvalue weighted by Gasteiger charge is 2.31. The van der Waals surface area contributed by atoms with E-state index in [2.05, 4.69) is 25.3 Å². The normalized spacial score (nSPS) is 11.3. The molecule has 3 aromatic rings. The molecule has 0 unspecified atom stereocenters. The molecule has 0 saturated heterocycles. The zero-order valence-electron chi connectivity index (χ0n) is 17.3. The zero-order chi connectivity index (χ0) is 22.4. The molecule has 1 heterocycles. The Labute approximate surface area is 178 Å². The van der Waals surface area contributed by atoms with E-state index >= 15 is 0 Å². The summed E-state index contributed by atoms with van der Waals surface area (Å²) in [6.45, 7) is 6.36. The Morgan fingerprint density at radius 3 is 2.35 bits per heavy atom. The largest absolute Gasteiger partial charge is 0.573 e. The summed E-state index contributed by atoms with van der Waals surface area (Å²) in [5.41, 5.74) is 1.68. The van der Waals surface area contributed by atoms with E-state index < -0.39 is 6.36 Å². The van der Waals surface area contributed by atoms with Crippen molar-refractivity contribution in [2.24, 2.45) is 0 Å². The number of benzene rings is 2. The highest BCUT2D eigenvalue weighted by molar-refractivity contribution is 5.68. The van der Waals surface area contributed by atoms with E-state index in [9.17, 15) is 13.2 Å². The van der Waals surface area contributed by atoms with Crippen LogP contribution in [0.15, 0.2) is 54.6 Å². The minimum Gasteiger partial charge on any atom is -0.494 e. The smallest absolute Gasteiger partial charge is 0.494 e. The van der Waals surface area contributed by atoms with Gasteiger partial charge in [-0.3, -0.25) is 0 Å². The third-order valence-electron chi connectivity index (χ3n) is 3.95. The highest BCUT2D eigenvalue weighted by atomic mass is 19.4. The van der Waals surface area contributed by atoms with Gasteiger partial charge in [0.05, 0.1) is 12.3 Å². The van der Waals surface area contributed by atoms with Crippen LogP contribution >= 0.6 is 0 Å². The SMILES string of the molecule is CCOc1ccc(Nc2cc(-c3cccc(OC(F)(F)F)c3)nc(NC(C)C)n2)cc1. The van der Waals surface area contributed by atoms with Crippen LogP contribution in [0.3, 0.4) is 0 Å². The molecule has 164 valence electrons. The molecule has 9 heteroatoms. The van der Waals surface area contributed by atoms with E-state index in [-0.39, 0.29) is 11.8 Å². The maximum absolute atomic E-state index is 12.6. The monoisotopic (exact) mass is 432 g/mol. The molecule has 0 aliphatic heterocycles. The zero-order valence-corrected chi connectivity index (χ0v) is 17.3. The van der Waals surface area contributed by atoms with Gasteiger partial charge in [-0.25, -0.2) is 4.98 Å². The fourth-order valence-corrected chi connectivity index (χ4v) is 2.78. The van der Waals surface area contributed by atoms with Gasteiger partial charge in [0, 0.05) is 23.4 Å². The Balaban J connectivity index is 1.92. The summed E-state index contributed by atoms with van der Waals surface area (Å²) >= 11 is 0. The van der Waals surface area contributed by atoms with Crippen molar-refractivity contribution in [3.63, 3.8) is 0 Å². The van der Waals surface area contributed by atoms with Gasteiger partial charge in [0.15, 0.2) is 0 Å². The second-order valence-corrected chi connectivity index (χ2v) is 6.92. The summed E-state index contributed by atoms with van der Waals surface area (Å²) in [6, 6.07) is 14.8. The topological polar surface area (TPSA) is 68.3 Å². The number of aromatic nitrogens is 2. The summed E-state index contributed by atoms with van der Waals surface area (Å²) in [5, 5.41) is 6.32. The average Bonchev–Trinajstić information content (AvgIpc) is 2.68. The van der Waals surface area contributed by atoms with E-state index in [4.69, 9.17) is 4.74 Å². The van der Waals surface area contributed by atoms with Gasteiger partial charge in [0.25, 0.3) is 0 Å². The average molecular weight is 432 g/mol. The second kappa shape index (κ2) is 9.55. The van der Waals surface area contributed by atoms with Crippen LogP contribution in [-0.4, -0.2) is 29.0 Å². The van der Waals surface area contributed by atoms with Gasteiger partial charge >= 0.3 is 6.36 Å². The molecule has 0 radical (unpaired) electrons. The number of nitrogens with one attached hydrogen (secondary N) is 2. The quantitative estimate of drug-likeness (QED) is 0.455. The van der Waals surface area contributed by atoms with Crippen molar-refractivity contribution < 1.29 is 22.6 Å². The van der Waals surface area contributed by atoms with Crippen LogP contribution in [0.1, 0.15) is 20.8 Å². The first kappa shape index (κ1) is 22.2. The lowest BCUT2D eigenvalue weighted by atomic mass is 10.1. The third kappa shape index (κ3) is 6.77. The summed E-state index contributed by atoms with van der Waals surface area (Å²) in [6.07, 6.45) is -4.77. The Hall–Kier alpha value is -3.49. The van der Waals surface area contributed by atoms with Crippen molar-refractivity contribution >= 4 is 17.5 Å². The van der Waals surface area contributed by atoms with Crippen LogP contribution in [0.4, 0.5) is 30.6 Å². The first-order chi connectivity index (χ1) is 14.7. The van der Waals surface area contributed by atoms with Crippen molar-refractivity contribution in [2.75, 3.05) is 17.2 Å². The molecule has 3 rings (SSSR count). The Bertz CT molecular complexity index is 1010. The summed E-state index contributed by atoms with van der Waals surface area (Å²) in [5.74, 6) is 1.27. The van der Waals surface area contributed by atoms with Crippen LogP contribution < -0.4 is 20.1 Å². The summed E-state index contributed by atoms with van der Waals surface area (Å²) in [4.78, 5) is 8.90. The van der Waals surface area contributed by atoms with Gasteiger partial charge < -0.3 is 20.1 Å². The lowest BCUT2D eigenvalue weighted by Crippen LogP contribution is -2.17. The predicted molar refractivity (Wildman–Crippen MR) is 114 cm³/mol. The fraction of sp³-hybridized carbons (Fsp3) is 0.273. The number of halogens is 3. The fourth-order valence-electron chi connectivity index (χ4n) is 2.78. The van der Waals surface area contributed by atoms with Crippen molar-refractivity contribution in [3.8, 4) is 22.8 Å². The maximum atomic E-state index is 12.6. The molecule has 0 fully saturated rings. The van der Waals surface area contributed by atoms with Gasteiger partial charge in [-0.2, -0.15) is 4.98 Å². The molecule has 2 aromatic carbocycles. The molecule has 0 saturated carbocycles. The molecule has 1 aromatic heterocycles. The van der Waals surface area contributed by atoms with E-state index in [1.54, 1.807) is 12.1 Å². The first-order valence-corrected chi connectivity index (χ1v) is 9.73. The molecule has 2 N–H and O–H groups in total. The Morgan fingerprint density at radius 2 is 1.71 bits per heavy atom. The van der Waals surface area contributed by atoms with Gasteiger partial charge in [0.1, 0.15) is 17.3 Å². The van der Waals surface area contributed by atoms with Crippen LogP contribution in [-0.2, 0) is 0 Å². The number of hydrogen-bond donors (Lipinski definition) is 2. The van der Waals surface area contributed by atoms with Gasteiger partial charge in [0.2, 0.25) is 5.95 Å². The molecular weight excluding hydrogens is 409 g/mol. The standard InChI is InChI=1S/C22H23F3N4O2/c1-4-30-17-10-8-16(9-11-17)27-20-13-19(28-21(29-20)26-14(2)3)15-6-5-7-18(12-15)31-22(23,24)25/h5-14H,4H2,1-3H3,(H2,26,27,28,29). The number of alkyl halides is 3. The summed E-state index contributed by atoms with van der Waals surface area (Å²) in [7, 11) is 0. The molecule has 0 amide bonds. The lowest BCUT2D eigenvalue weighted by Gasteiger charge is -2.14. The molecule has 31 heavy (non-hydrogen) atoms. The molecule has 6 nitrogen and oxygen atoms in total. The van der Waals surface area contributed by atoms with E-state index in [0.717, 1.165) is 11.4 Å². The van der Waals surface area contributed by atoms with Gasteiger partial charge in [-0.1, -0.05) is 12.1 Å². The van der Waals surface area contributed by atoms with Crippen LogP contribution in [0, 0.1) is 0 Å². The number of anilines is 3. The number of rotatable bonds is 8. The van der Waals surface area contributed by atoms with Crippen molar-refractivity contribution in [3.05, 3.63) is 54.6 Å². The minimum atomic E-state index is -4.77. The molecular formula is C22H23F3N4O2. The second-order valence-electron chi connectivity index (χ2n) is 6.92. The minimum absolute atomic E-state index is 0.0634. The third-order valence-corrected chi connectivity index (χ3v) is 3.95. The summed E-state index contributed by atoms with van der Waals surface area (Å²) < 4.78 is 47.2. The Morgan fingerprint density at radius 1 is 0.968 bits per heavy atom. The van der Waals surface area contributed by atoms with Crippen molar-refractivity contribution in [2.45, 2.75) is 33.2 Å². The first-order valence-electron chi connectivity index (χ1n) is 9.73. The van der Waals surface area contributed by atoms with E-state index in [1.807, 2.05) is 45.0 Å². The molecule has 0 bridgehead atoms. The van der Waals surface area contributed by atoms with Gasteiger partial charge in [-0.05, 0) is 57.2 Å². The number of ether oxygens (including phenoxy) is 2.